The number of aromatic nitrogens is 1. The molecule has 4 aliphatic rings. The highest BCUT2D eigenvalue weighted by molar-refractivity contribution is 6.31. The molecule has 0 aliphatic heterocycles. The number of pyridine rings is 1. The van der Waals surface area contributed by atoms with Gasteiger partial charge in [0.2, 0.25) is 0 Å². The Balaban J connectivity index is 1.11. The van der Waals surface area contributed by atoms with Gasteiger partial charge in [0, 0.05) is 52.1 Å². The number of methoxy groups -OCH3 is 1. The topological polar surface area (TPSA) is 133 Å². The maximum Gasteiger partial charge on any atom is 0.355 e. The summed E-state index contributed by atoms with van der Waals surface area (Å²) in [6.07, 6.45) is 4.52. The first-order valence-electron chi connectivity index (χ1n) is 17.7. The van der Waals surface area contributed by atoms with Crippen LogP contribution < -0.4 is 16.1 Å². The van der Waals surface area contributed by atoms with Crippen molar-refractivity contribution < 1.29 is 28.7 Å². The van der Waals surface area contributed by atoms with E-state index in [9.17, 15) is 24.0 Å². The van der Waals surface area contributed by atoms with E-state index in [1.165, 1.54) is 14.0 Å². The highest BCUT2D eigenvalue weighted by Gasteiger charge is 2.57. The van der Waals surface area contributed by atoms with E-state index in [0.29, 0.717) is 33.1 Å². The second-order valence-corrected chi connectivity index (χ2v) is 15.6. The van der Waals surface area contributed by atoms with Crippen LogP contribution in [0, 0.1) is 17.8 Å². The molecule has 8 rings (SSSR count). The Labute approximate surface area is 306 Å². The van der Waals surface area contributed by atoms with Crippen molar-refractivity contribution in [1.29, 1.82) is 0 Å². The number of halogens is 1. The van der Waals surface area contributed by atoms with Crippen LogP contribution in [0.2, 0.25) is 5.02 Å². The number of hydrogen-bond acceptors (Lipinski definition) is 7. The number of nitrogens with one attached hydrogen (secondary N) is 2. The molecule has 1 aromatic heterocycles. The summed E-state index contributed by atoms with van der Waals surface area (Å²) in [5, 5.41) is 7.42. The van der Waals surface area contributed by atoms with Crippen molar-refractivity contribution in [2.75, 3.05) is 7.11 Å². The van der Waals surface area contributed by atoms with E-state index in [4.69, 9.17) is 21.1 Å². The van der Waals surface area contributed by atoms with Crippen LogP contribution in [0.5, 0.6) is 0 Å². The standard InChI is InChI=1S/C41H42ClN3O7/c1-23(46)52-40(2,3)39(50)44-41-20-25-16-27(21-41)34(28(17-25)22-41)43-37(48)26-12-10-24(11-13-26)18-32-35(38(49)51-4)45(30-8-6-5-7-9-30)33-19-29(42)14-15-31(33)36(32)47/h5-15,19,25,27-28,34H,16-18,20-22H2,1-4H3,(H,43,48)(H,44,50)/t25-,27+,28-,34-,41-. The van der Waals surface area contributed by atoms with Crippen molar-refractivity contribution in [1.82, 2.24) is 15.2 Å². The van der Waals surface area contributed by atoms with E-state index in [1.54, 1.807) is 60.9 Å². The smallest absolute Gasteiger partial charge is 0.355 e. The molecule has 52 heavy (non-hydrogen) atoms. The number of fused-ring (bicyclic) bond motifs is 1. The fourth-order valence-electron chi connectivity index (χ4n) is 9.15. The molecule has 4 aromatic rings. The summed E-state index contributed by atoms with van der Waals surface area (Å²) in [7, 11) is 1.29. The van der Waals surface area contributed by atoms with Crippen LogP contribution in [0.3, 0.4) is 0 Å². The van der Waals surface area contributed by atoms with Gasteiger partial charge in [-0.25, -0.2) is 4.79 Å². The highest BCUT2D eigenvalue weighted by atomic mass is 35.5. The third-order valence-corrected chi connectivity index (χ3v) is 11.3. The number of hydrogen-bond donors (Lipinski definition) is 2. The third kappa shape index (κ3) is 6.60. The molecule has 0 radical (unpaired) electrons. The highest BCUT2D eigenvalue weighted by Crippen LogP contribution is 2.56. The lowest BCUT2D eigenvalue weighted by Gasteiger charge is -2.60. The molecular formula is C41H42ClN3O7. The number of esters is 2. The molecule has 1 heterocycles. The minimum Gasteiger partial charge on any atom is -0.464 e. The van der Waals surface area contributed by atoms with Crippen LogP contribution in [-0.4, -0.2) is 52.6 Å². The molecule has 10 nitrogen and oxygen atoms in total. The van der Waals surface area contributed by atoms with Crippen molar-refractivity contribution in [2.24, 2.45) is 17.8 Å². The number of carbonyl (C=O) groups is 4. The Morgan fingerprint density at radius 1 is 0.942 bits per heavy atom. The van der Waals surface area contributed by atoms with Gasteiger partial charge in [0.1, 0.15) is 5.69 Å². The van der Waals surface area contributed by atoms with Gasteiger partial charge in [-0.2, -0.15) is 0 Å². The molecular weight excluding hydrogens is 682 g/mol. The summed E-state index contributed by atoms with van der Waals surface area (Å²) in [6.45, 7) is 4.51. The zero-order chi connectivity index (χ0) is 36.9. The molecule has 2 amide bonds. The molecule has 5 atom stereocenters. The first kappa shape index (κ1) is 35.4. The molecule has 0 saturated heterocycles. The third-order valence-electron chi connectivity index (χ3n) is 11.1. The maximum absolute atomic E-state index is 14.0. The van der Waals surface area contributed by atoms with Gasteiger partial charge in [0.05, 0.1) is 12.6 Å². The fourth-order valence-corrected chi connectivity index (χ4v) is 9.32. The molecule has 3 aromatic carbocycles. The van der Waals surface area contributed by atoms with Gasteiger partial charge in [-0.1, -0.05) is 41.9 Å². The SMILES string of the molecule is COC(=O)c1c(Cc2ccc(C(=O)N[C@H]3[C@@H]4C[C@H]5C[C@H]3C[C@](NC(=O)C(C)(C)OC(C)=O)(C5)C4)cc2)c(=O)c2ccc(Cl)cc2n1-c1ccccc1. The Kier molecular flexibility index (Phi) is 9.23. The Bertz CT molecular complexity index is 2130. The van der Waals surface area contributed by atoms with Gasteiger partial charge in [-0.3, -0.25) is 19.2 Å². The number of carbonyl (C=O) groups excluding carboxylic acids is 4. The van der Waals surface area contributed by atoms with Gasteiger partial charge in [-0.15, -0.1) is 0 Å². The lowest BCUT2D eigenvalue weighted by Crippen LogP contribution is -2.68. The van der Waals surface area contributed by atoms with Gasteiger partial charge < -0.3 is 24.7 Å². The van der Waals surface area contributed by atoms with Crippen LogP contribution in [0.4, 0.5) is 0 Å². The second kappa shape index (κ2) is 13.5. The summed E-state index contributed by atoms with van der Waals surface area (Å²) < 4.78 is 12.2. The predicted molar refractivity (Wildman–Crippen MR) is 197 cm³/mol. The van der Waals surface area contributed by atoms with Crippen molar-refractivity contribution in [3.8, 4) is 5.69 Å². The normalized spacial score (nSPS) is 23.2. The lowest BCUT2D eigenvalue weighted by molar-refractivity contribution is -0.165. The summed E-state index contributed by atoms with van der Waals surface area (Å²) in [5.41, 5.74) is 0.849. The zero-order valence-electron chi connectivity index (χ0n) is 29.7. The van der Waals surface area contributed by atoms with Crippen molar-refractivity contribution in [3.63, 3.8) is 0 Å². The van der Waals surface area contributed by atoms with E-state index >= 15 is 0 Å². The lowest BCUT2D eigenvalue weighted by atomic mass is 9.51. The average Bonchev–Trinajstić information content (AvgIpc) is 3.10. The van der Waals surface area contributed by atoms with E-state index < -0.39 is 17.5 Å². The van der Waals surface area contributed by atoms with Crippen LogP contribution >= 0.6 is 11.6 Å². The molecule has 11 heteroatoms. The molecule has 0 spiro atoms. The summed E-state index contributed by atoms with van der Waals surface area (Å²) in [4.78, 5) is 65.8. The minimum absolute atomic E-state index is 0.0135. The van der Waals surface area contributed by atoms with Crippen molar-refractivity contribution >= 4 is 46.3 Å². The fraction of sp³-hybridized carbons (Fsp3) is 0.390. The number of para-hydroxylation sites is 1. The second-order valence-electron chi connectivity index (χ2n) is 15.2. The van der Waals surface area contributed by atoms with Crippen molar-refractivity contribution in [2.45, 2.75) is 76.5 Å². The quantitative estimate of drug-likeness (QED) is 0.198. The van der Waals surface area contributed by atoms with Gasteiger partial charge >= 0.3 is 11.9 Å². The summed E-state index contributed by atoms with van der Waals surface area (Å²) in [6, 6.07) is 21.3. The number of benzene rings is 3. The summed E-state index contributed by atoms with van der Waals surface area (Å²) >= 11 is 6.36. The van der Waals surface area contributed by atoms with Crippen molar-refractivity contribution in [3.05, 3.63) is 110 Å². The molecule has 4 fully saturated rings. The Morgan fingerprint density at radius 2 is 1.62 bits per heavy atom. The minimum atomic E-state index is -1.27. The van der Waals surface area contributed by atoms with Gasteiger partial charge in [-0.05, 0) is 112 Å². The molecule has 2 N–H and O–H groups in total. The van der Waals surface area contributed by atoms with Crippen LogP contribution in [0.15, 0.2) is 77.6 Å². The molecule has 270 valence electrons. The van der Waals surface area contributed by atoms with E-state index in [2.05, 4.69) is 10.6 Å². The Morgan fingerprint density at radius 3 is 2.25 bits per heavy atom. The number of rotatable bonds is 9. The zero-order valence-corrected chi connectivity index (χ0v) is 30.4. The first-order chi connectivity index (χ1) is 24.8. The van der Waals surface area contributed by atoms with Crippen LogP contribution in [0.1, 0.15) is 84.8 Å². The number of nitrogens with zero attached hydrogens (tertiary/aromatic N) is 1. The molecule has 4 aliphatic carbocycles. The first-order valence-corrected chi connectivity index (χ1v) is 18.1. The maximum atomic E-state index is 14.0. The molecule has 4 saturated carbocycles. The average molecular weight is 724 g/mol. The number of ether oxygens (including phenoxy) is 2. The summed E-state index contributed by atoms with van der Waals surface area (Å²) in [5.74, 6) is -0.720. The predicted octanol–water partition coefficient (Wildman–Crippen LogP) is 6.16. The van der Waals surface area contributed by atoms with Crippen LogP contribution in [-0.2, 0) is 25.5 Å². The van der Waals surface area contributed by atoms with E-state index in [0.717, 1.165) is 37.7 Å². The monoisotopic (exact) mass is 723 g/mol. The van der Waals surface area contributed by atoms with Gasteiger partial charge in [0.25, 0.3) is 11.8 Å². The Hall–Kier alpha value is -4.96. The van der Waals surface area contributed by atoms with E-state index in [-0.39, 0.29) is 58.3 Å². The molecule has 4 bridgehead atoms. The number of amides is 2. The van der Waals surface area contributed by atoms with E-state index in [1.807, 2.05) is 30.3 Å². The molecule has 0 unspecified atom stereocenters. The van der Waals surface area contributed by atoms with Gasteiger partial charge in [0.15, 0.2) is 11.0 Å². The van der Waals surface area contributed by atoms with Crippen LogP contribution in [0.25, 0.3) is 16.6 Å². The largest absolute Gasteiger partial charge is 0.464 e.